The number of hydrogen-bond donors (Lipinski definition) is 1. The van der Waals surface area contributed by atoms with Crippen molar-refractivity contribution in [2.24, 2.45) is 0 Å². The Labute approximate surface area is 194 Å². The number of nitrogens with one attached hydrogen (secondary N) is 1. The lowest BCUT2D eigenvalue weighted by atomic mass is 9.95. The number of hydrogen-bond acceptors (Lipinski definition) is 5. The van der Waals surface area contributed by atoms with Gasteiger partial charge in [-0.05, 0) is 58.6 Å². The van der Waals surface area contributed by atoms with E-state index in [1.165, 1.54) is 11.1 Å². The van der Waals surface area contributed by atoms with Crippen LogP contribution in [0.5, 0.6) is 0 Å². The molecule has 1 aliphatic carbocycles. The van der Waals surface area contributed by atoms with Crippen molar-refractivity contribution in [3.63, 3.8) is 0 Å². The summed E-state index contributed by atoms with van der Waals surface area (Å²) >= 11 is 2.28. The van der Waals surface area contributed by atoms with Crippen molar-refractivity contribution in [1.29, 1.82) is 5.26 Å². The Morgan fingerprint density at radius 2 is 2.07 bits per heavy atom. The van der Waals surface area contributed by atoms with E-state index in [4.69, 9.17) is 4.74 Å². The number of nitriles is 1. The molecule has 0 aromatic rings. The molecule has 0 fully saturated rings. The summed E-state index contributed by atoms with van der Waals surface area (Å²) in [7, 11) is 3.82. The van der Waals surface area contributed by atoms with Gasteiger partial charge >= 0.3 is 6.09 Å². The van der Waals surface area contributed by atoms with E-state index in [0.717, 1.165) is 36.4 Å². The summed E-state index contributed by atoms with van der Waals surface area (Å²) in [6.07, 6.45) is 10.8. The number of rotatable bonds is 4. The maximum atomic E-state index is 12.3. The Kier molecular flexibility index (Phi) is 8.18. The smallest absolute Gasteiger partial charge is 0.411 e. The molecule has 0 aromatic carbocycles. The first kappa shape index (κ1) is 24.1. The van der Waals surface area contributed by atoms with Crippen LogP contribution < -0.4 is 5.32 Å². The van der Waals surface area contributed by atoms with Crippen molar-refractivity contribution in [3.05, 3.63) is 58.2 Å². The van der Waals surface area contributed by atoms with Crippen LogP contribution in [0.25, 0.3) is 0 Å². The SMILES string of the molecule is C/C1=C/C2=C(/C=C(/NC(=O)OC(C)(C)C)CC1)N(I)C(C/C(C#N)=C/N(C)C)=CC2. The highest BCUT2D eigenvalue weighted by Crippen LogP contribution is 2.36. The van der Waals surface area contributed by atoms with Crippen LogP contribution in [0.3, 0.4) is 0 Å². The van der Waals surface area contributed by atoms with Crippen LogP contribution in [0.1, 0.15) is 53.4 Å². The second-order valence-electron chi connectivity index (χ2n) is 8.78. The summed E-state index contributed by atoms with van der Waals surface area (Å²) in [4.78, 5) is 14.2. The van der Waals surface area contributed by atoms with Gasteiger partial charge in [-0.1, -0.05) is 17.7 Å². The molecular formula is C23H31IN4O2. The normalized spacial score (nSPS) is 21.1. The molecule has 6 nitrogen and oxygen atoms in total. The molecule has 1 amide bonds. The van der Waals surface area contributed by atoms with Crippen LogP contribution in [-0.2, 0) is 4.74 Å². The number of halogens is 1. The molecule has 1 heterocycles. The van der Waals surface area contributed by atoms with Crippen LogP contribution in [0.15, 0.2) is 58.2 Å². The van der Waals surface area contributed by atoms with E-state index in [1.807, 2.05) is 52.0 Å². The predicted octanol–water partition coefficient (Wildman–Crippen LogP) is 5.69. The Bertz CT molecular complexity index is 880. The minimum Gasteiger partial charge on any atom is -0.444 e. The molecule has 7 heteroatoms. The highest BCUT2D eigenvalue weighted by molar-refractivity contribution is 14.1. The van der Waals surface area contributed by atoms with E-state index in [2.05, 4.69) is 56.4 Å². The Morgan fingerprint density at radius 1 is 1.37 bits per heavy atom. The lowest BCUT2D eigenvalue weighted by Crippen LogP contribution is -2.32. The summed E-state index contributed by atoms with van der Waals surface area (Å²) in [6.45, 7) is 7.67. The molecule has 0 radical (unpaired) electrons. The van der Waals surface area contributed by atoms with Gasteiger partial charge in [0.1, 0.15) is 5.60 Å². The Balaban J connectivity index is 2.30. The largest absolute Gasteiger partial charge is 0.444 e. The lowest BCUT2D eigenvalue weighted by molar-refractivity contribution is 0.0544. The third-order valence-corrected chi connectivity index (χ3v) is 5.60. The van der Waals surface area contributed by atoms with Crippen LogP contribution >= 0.6 is 22.9 Å². The fraction of sp³-hybridized carbons (Fsp3) is 0.478. The summed E-state index contributed by atoms with van der Waals surface area (Å²) < 4.78 is 7.52. The predicted molar refractivity (Wildman–Crippen MR) is 128 cm³/mol. The summed E-state index contributed by atoms with van der Waals surface area (Å²) in [5.41, 5.74) is 5.54. The van der Waals surface area contributed by atoms with Crippen molar-refractivity contribution in [2.45, 2.75) is 59.0 Å². The van der Waals surface area contributed by atoms with E-state index < -0.39 is 11.7 Å². The van der Waals surface area contributed by atoms with Crippen molar-refractivity contribution in [3.8, 4) is 6.07 Å². The first-order valence-electron chi connectivity index (χ1n) is 10.0. The van der Waals surface area contributed by atoms with Crippen LogP contribution in [-0.4, -0.2) is 33.8 Å². The molecule has 0 bridgehead atoms. The topological polar surface area (TPSA) is 68.6 Å². The zero-order chi connectivity index (χ0) is 22.5. The molecule has 2 rings (SSSR count). The van der Waals surface area contributed by atoms with Crippen molar-refractivity contribution in [1.82, 2.24) is 13.3 Å². The van der Waals surface area contributed by atoms with Gasteiger partial charge in [0.05, 0.1) is 40.2 Å². The highest BCUT2D eigenvalue weighted by atomic mass is 127. The molecule has 0 aromatic heterocycles. The van der Waals surface area contributed by atoms with E-state index >= 15 is 0 Å². The molecule has 1 N–H and O–H groups in total. The molecule has 30 heavy (non-hydrogen) atoms. The highest BCUT2D eigenvalue weighted by Gasteiger charge is 2.23. The minimum absolute atomic E-state index is 0.439. The minimum atomic E-state index is -0.547. The molecule has 0 saturated heterocycles. The number of alkyl carbamates (subject to hydrolysis) is 1. The number of carbonyl (C=O) groups is 1. The molecule has 1 aliphatic heterocycles. The van der Waals surface area contributed by atoms with Gasteiger partial charge in [-0.2, -0.15) is 5.26 Å². The third-order valence-electron chi connectivity index (χ3n) is 4.46. The number of carbonyl (C=O) groups excluding carboxylic acids is 1. The molecule has 2 aliphatic rings. The molecular weight excluding hydrogens is 491 g/mol. The van der Waals surface area contributed by atoms with Gasteiger partial charge in [0, 0.05) is 38.1 Å². The average Bonchev–Trinajstić information content (AvgIpc) is 2.60. The first-order valence-corrected chi connectivity index (χ1v) is 11.0. The number of nitrogens with zero attached hydrogens (tertiary/aromatic N) is 3. The average molecular weight is 522 g/mol. The van der Waals surface area contributed by atoms with Gasteiger partial charge in [0.2, 0.25) is 0 Å². The monoisotopic (exact) mass is 522 g/mol. The number of amides is 1. The van der Waals surface area contributed by atoms with Crippen LogP contribution in [0, 0.1) is 11.3 Å². The first-order chi connectivity index (χ1) is 14.0. The van der Waals surface area contributed by atoms with Gasteiger partial charge < -0.3 is 9.64 Å². The molecule has 0 atom stereocenters. The fourth-order valence-corrected chi connectivity index (χ4v) is 4.03. The van der Waals surface area contributed by atoms with Crippen LogP contribution in [0.2, 0.25) is 0 Å². The number of ether oxygens (including phenoxy) is 1. The summed E-state index contributed by atoms with van der Waals surface area (Å²) in [5.74, 6) is 0. The van der Waals surface area contributed by atoms with E-state index in [0.29, 0.717) is 12.0 Å². The van der Waals surface area contributed by atoms with Crippen molar-refractivity contribution >= 4 is 29.0 Å². The Morgan fingerprint density at radius 3 is 2.67 bits per heavy atom. The number of allylic oxidation sites excluding steroid dienone is 7. The maximum absolute atomic E-state index is 12.3. The maximum Gasteiger partial charge on any atom is 0.411 e. The third kappa shape index (κ3) is 7.24. The standard InChI is InChI=1S/C23H31IN4O2/c1-16-7-9-19(26-22(29)30-23(2,3)4)13-21-18(11-16)8-10-20(28(21)24)12-17(14-25)15-27(5)6/h10-11,13,15H,7-9,12H2,1-6H3,(H,26,29)/b16-11-,17-15-,19-13+. The van der Waals surface area contributed by atoms with Gasteiger partial charge in [-0.3, -0.25) is 8.43 Å². The molecule has 0 saturated carbocycles. The fourth-order valence-electron chi connectivity index (χ4n) is 3.21. The molecule has 162 valence electrons. The van der Waals surface area contributed by atoms with Gasteiger partial charge in [0.15, 0.2) is 0 Å². The van der Waals surface area contributed by atoms with E-state index in [1.54, 1.807) is 0 Å². The molecule has 0 unspecified atom stereocenters. The lowest BCUT2D eigenvalue weighted by Gasteiger charge is -2.29. The Hall–Kier alpha value is -2.21. The van der Waals surface area contributed by atoms with E-state index in [9.17, 15) is 10.1 Å². The van der Waals surface area contributed by atoms with Gasteiger partial charge in [-0.25, -0.2) is 4.79 Å². The zero-order valence-electron chi connectivity index (χ0n) is 18.7. The van der Waals surface area contributed by atoms with E-state index in [-0.39, 0.29) is 0 Å². The quantitative estimate of drug-likeness (QED) is 0.292. The van der Waals surface area contributed by atoms with Crippen LogP contribution in [0.4, 0.5) is 4.79 Å². The van der Waals surface area contributed by atoms with Gasteiger partial charge in [-0.15, -0.1) is 0 Å². The van der Waals surface area contributed by atoms with Gasteiger partial charge in [0.25, 0.3) is 0 Å². The summed E-state index contributed by atoms with van der Waals surface area (Å²) in [5, 5.41) is 12.4. The molecule has 0 spiro atoms. The second kappa shape index (κ2) is 10.2. The zero-order valence-corrected chi connectivity index (χ0v) is 20.8. The van der Waals surface area contributed by atoms with Crippen molar-refractivity contribution in [2.75, 3.05) is 14.1 Å². The van der Waals surface area contributed by atoms with Crippen molar-refractivity contribution < 1.29 is 9.53 Å². The summed E-state index contributed by atoms with van der Waals surface area (Å²) in [6, 6.07) is 2.29. The second-order valence-corrected chi connectivity index (χ2v) is 9.75.